The molecule has 0 saturated carbocycles. The minimum atomic E-state index is -3.20. The van der Waals surface area contributed by atoms with Gasteiger partial charge in [-0.15, -0.1) is 0 Å². The average Bonchev–Trinajstić information content (AvgIpc) is 0.714. The maximum absolute atomic E-state index is 6.20. The molecule has 0 saturated heterocycles. The average molecular weight is 1590 g/mol. The highest BCUT2D eigenvalue weighted by Gasteiger charge is 2.54. The van der Waals surface area contributed by atoms with Crippen LogP contribution in [0, 0.1) is 0 Å². The molecule has 0 atom stereocenters. The van der Waals surface area contributed by atoms with Crippen LogP contribution in [0.5, 0.6) is 0 Å². The molecule has 0 unspecified atom stereocenters. The minimum Gasteiger partial charge on any atom is -0.294 e. The van der Waals surface area contributed by atoms with E-state index in [-0.39, 0.29) is 20.1 Å². The largest absolute Gasteiger partial charge is 0.294 e. The Hall–Kier alpha value is -14.4. The van der Waals surface area contributed by atoms with Crippen LogP contribution in [0.25, 0.3) is 77.5 Å². The van der Waals surface area contributed by atoms with Gasteiger partial charge < -0.3 is 0 Å². The number of nitrogens with zero attached hydrogens (tertiary/aromatic N) is 3. The van der Waals surface area contributed by atoms with Crippen LogP contribution in [0.4, 0.5) is 0 Å². The molecule has 0 amide bonds. The van der Waals surface area contributed by atoms with Gasteiger partial charge in [-0.1, -0.05) is 480 Å². The van der Waals surface area contributed by atoms with Crippen molar-refractivity contribution < 1.29 is 0 Å². The summed E-state index contributed by atoms with van der Waals surface area (Å²) in [4.78, 5) is 6.20. The van der Waals surface area contributed by atoms with Crippen molar-refractivity contribution in [3.8, 4) is 33.9 Å². The van der Waals surface area contributed by atoms with E-state index in [0.29, 0.717) is 0 Å². The molecule has 3 aliphatic rings. The van der Waals surface area contributed by atoms with Crippen LogP contribution in [-0.4, -0.2) is 58.5 Å². The van der Waals surface area contributed by atoms with Gasteiger partial charge in [-0.25, -0.2) is 4.98 Å². The van der Waals surface area contributed by atoms with E-state index >= 15 is 0 Å². The van der Waals surface area contributed by atoms with Gasteiger partial charge in [0, 0.05) is 21.5 Å². The first-order chi connectivity index (χ1) is 60.6. The Balaban J connectivity index is 0.656. The summed E-state index contributed by atoms with van der Waals surface area (Å²) in [5.74, 6) is 1.77. The first kappa shape index (κ1) is 71.6. The van der Waals surface area contributed by atoms with Gasteiger partial charge in [0.2, 0.25) is 20.1 Å². The molecular weight excluding hydrogens is 1520 g/mol. The highest BCUT2D eigenvalue weighted by Crippen LogP contribution is 2.37. The van der Waals surface area contributed by atoms with Gasteiger partial charge in [-0.3, -0.25) is 9.13 Å². The summed E-state index contributed by atoms with van der Waals surface area (Å²) in [5.41, 5.74) is 21.2. The molecule has 0 bridgehead atoms. The minimum absolute atomic E-state index is 0.0349. The number of fused-ring (bicyclic) bond motifs is 12. The number of hydrogen-bond acceptors (Lipinski definition) is 1. The fourth-order valence-corrected chi connectivity index (χ4v) is 38.6. The second kappa shape index (κ2) is 28.9. The Bertz CT molecular complexity index is 7430. The summed E-state index contributed by atoms with van der Waals surface area (Å²) in [6.45, 7) is -0.287. The maximum Gasteiger partial charge on any atom is 0.245 e. The van der Waals surface area contributed by atoms with E-state index in [4.69, 9.17) is 4.98 Å². The number of hydrogen-bond donors (Lipinski definition) is 0. The van der Waals surface area contributed by atoms with Crippen LogP contribution in [0.3, 0.4) is 0 Å². The molecule has 122 heavy (non-hydrogen) atoms. The highest BCUT2D eigenvalue weighted by atomic mass is 28.3. The number of rotatable bonds is 13. The molecule has 0 aliphatic carbocycles. The highest BCUT2D eigenvalue weighted by molar-refractivity contribution is 7.28. The molecule has 0 fully saturated rings. The monoisotopic (exact) mass is 1590 g/mol. The first-order valence-electron chi connectivity index (χ1n) is 42.8. The second-order valence-corrected chi connectivity index (χ2v) is 44.4. The maximum atomic E-state index is 6.20. The van der Waals surface area contributed by atoms with E-state index in [0.717, 1.165) is 44.7 Å². The SMILES string of the molecule is c1ccc([Si]2(c3ccccc3)c3ccccc3B(c3ccccc3-c3ccccc3B3c4ccccc4[Si](c4ccccc4)(c4cccc(-c5ccc6c(c5)c5ccccc5n6-c5ccc(B6c7ccccc7[Si](c7ccccc7)(c7ccccc7)c7ccccc76)c(-n6c7ccccc7c7ccccc76)n5)c4)c4ccccc43)c3ccccc32)cc1. The van der Waals surface area contributed by atoms with Crippen LogP contribution in [0.15, 0.2) is 473 Å². The van der Waals surface area contributed by atoms with Gasteiger partial charge in [-0.05, 0) is 126 Å². The molecule has 9 heteroatoms. The molecule has 566 valence electrons. The Morgan fingerprint density at radius 3 is 0.844 bits per heavy atom. The Morgan fingerprint density at radius 1 is 0.180 bits per heavy atom. The number of para-hydroxylation sites is 3. The lowest BCUT2D eigenvalue weighted by Gasteiger charge is -2.43. The lowest BCUT2D eigenvalue weighted by molar-refractivity contribution is 1.02. The normalized spacial score (nSPS) is 13.9. The number of benzene rings is 18. The summed E-state index contributed by atoms with van der Waals surface area (Å²) >= 11 is 0. The van der Waals surface area contributed by atoms with Crippen molar-refractivity contribution in [3.63, 3.8) is 0 Å². The summed E-state index contributed by atoms with van der Waals surface area (Å²) in [6.07, 6.45) is 0. The molecule has 0 radical (unpaired) electrons. The van der Waals surface area contributed by atoms with Crippen LogP contribution in [0.2, 0.25) is 0 Å². The molecule has 0 spiro atoms. The van der Waals surface area contributed by atoms with Crippen molar-refractivity contribution in [2.24, 2.45) is 0 Å². The Labute approximate surface area is 715 Å². The fourth-order valence-electron chi connectivity index (χ4n) is 22.7. The van der Waals surface area contributed by atoms with Gasteiger partial charge in [0.25, 0.3) is 0 Å². The van der Waals surface area contributed by atoms with E-state index < -0.39 is 24.2 Å². The molecule has 6 heterocycles. The summed E-state index contributed by atoms with van der Waals surface area (Å²) in [5, 5.41) is 21.5. The first-order valence-corrected chi connectivity index (χ1v) is 48.8. The molecular formula is C113H78B3N3Si3. The third-order valence-electron chi connectivity index (χ3n) is 27.4. The van der Waals surface area contributed by atoms with E-state index in [1.165, 1.54) is 144 Å². The lowest BCUT2D eigenvalue weighted by atomic mass is 9.34. The van der Waals surface area contributed by atoms with E-state index in [1.807, 2.05) is 0 Å². The number of aromatic nitrogens is 3. The van der Waals surface area contributed by atoms with Crippen molar-refractivity contribution in [2.75, 3.05) is 0 Å². The standard InChI is InChI=1S/C113H78B3N3Si3/c1-6-40-81(41-7-1)120(82-42-8-2-9-43-82)106-67-32-23-58-95(106)114(96-59-24-33-68-107(96)120)93-56-21-16-51-87(93)88-52-17-22-57-94(88)115-97-60-25-36-71-110(97)122(85-48-14-5-15-49-85,111-72-37-26-61-98(111)115)86-50-38-39-79(77-86)80-73-75-105-92(78-80)91-55-20-29-64-102(91)118(105)112-76-74-101(113(117-112)119-103-65-30-18-53-89(103)90-54-19-31-66-104(90)119)116-99-62-27-34-69-108(99)121(83-44-10-3-11-45-83,84-46-12-4-13-47-84)109-70-35-28-63-100(109)116/h1-78H. The quantitative estimate of drug-likeness (QED) is 0.106. The Morgan fingerprint density at radius 2 is 0.459 bits per heavy atom. The molecule has 3 aliphatic heterocycles. The fraction of sp³-hybridized carbons (Fsp3) is 0. The second-order valence-electron chi connectivity index (χ2n) is 33.2. The third kappa shape index (κ3) is 10.6. The molecule has 3 nitrogen and oxygen atoms in total. The molecule has 21 aromatic rings. The van der Waals surface area contributed by atoms with Gasteiger partial charge in [0.05, 0.1) is 22.1 Å². The number of pyridine rings is 1. The third-order valence-corrected chi connectivity index (χ3v) is 42.2. The predicted molar refractivity (Wildman–Crippen MR) is 528 cm³/mol. The topological polar surface area (TPSA) is 22.8 Å². The lowest BCUT2D eigenvalue weighted by Crippen LogP contribution is -2.87. The van der Waals surface area contributed by atoms with Crippen molar-refractivity contribution in [2.45, 2.75) is 0 Å². The summed E-state index contributed by atoms with van der Waals surface area (Å²) in [7, 11) is -8.97. The van der Waals surface area contributed by atoms with Gasteiger partial charge in [0.1, 0.15) is 11.6 Å². The summed E-state index contributed by atoms with van der Waals surface area (Å²) < 4.78 is 4.89. The molecule has 24 rings (SSSR count). The van der Waals surface area contributed by atoms with Gasteiger partial charge >= 0.3 is 0 Å². The van der Waals surface area contributed by atoms with E-state index in [1.54, 1.807) is 0 Å². The van der Waals surface area contributed by atoms with Crippen LogP contribution < -0.4 is 111 Å². The Kier molecular flexibility index (Phi) is 17.0. The van der Waals surface area contributed by atoms with Crippen LogP contribution in [0.1, 0.15) is 0 Å². The smallest absolute Gasteiger partial charge is 0.245 e. The van der Waals surface area contributed by atoms with Crippen LogP contribution in [-0.2, 0) is 0 Å². The van der Waals surface area contributed by atoms with E-state index in [9.17, 15) is 0 Å². The molecule has 0 N–H and O–H groups in total. The zero-order valence-electron chi connectivity index (χ0n) is 67.1. The summed E-state index contributed by atoms with van der Waals surface area (Å²) in [6, 6.07) is 181. The van der Waals surface area contributed by atoms with Crippen LogP contribution >= 0.6 is 0 Å². The zero-order valence-corrected chi connectivity index (χ0v) is 70.1. The van der Waals surface area contributed by atoms with E-state index in [2.05, 4.69) is 482 Å². The van der Waals surface area contributed by atoms with Crippen molar-refractivity contribution >= 4 is 199 Å². The van der Waals surface area contributed by atoms with Crippen molar-refractivity contribution in [1.82, 2.24) is 14.1 Å². The predicted octanol–water partition coefficient (Wildman–Crippen LogP) is 11.2. The zero-order chi connectivity index (χ0) is 80.5. The van der Waals surface area contributed by atoms with Crippen molar-refractivity contribution in [3.05, 3.63) is 473 Å². The van der Waals surface area contributed by atoms with Gasteiger partial charge in [-0.2, -0.15) is 0 Å². The van der Waals surface area contributed by atoms with Gasteiger partial charge in [0.15, 0.2) is 24.2 Å². The molecule has 18 aromatic carbocycles. The van der Waals surface area contributed by atoms with Crippen molar-refractivity contribution in [1.29, 1.82) is 0 Å². The molecule has 3 aromatic heterocycles.